The van der Waals surface area contributed by atoms with E-state index in [0.717, 1.165) is 11.8 Å². The molecule has 1 fully saturated rings. The number of nitrogen functional groups attached to an aromatic ring is 1. The fraction of sp³-hybridized carbons (Fsp3) is 0.500. The standard InChI is InChI=1S/C14H16F3N3S/c1-6-3-7(18)4-8(10(6)15)13(2)9-5-14(9,11(16)17)21-12(19)20-13/h3-4,9,11H,5,18H2,1-2H3,(H2,19,20)/t9-,13+,14-/m0/s1. The van der Waals surface area contributed by atoms with Gasteiger partial charge in [-0.05, 0) is 38.0 Å². The first-order chi connectivity index (χ1) is 9.70. The van der Waals surface area contributed by atoms with E-state index in [0.29, 0.717) is 11.3 Å². The number of alkyl halides is 2. The predicted octanol–water partition coefficient (Wildman–Crippen LogP) is 3.02. The van der Waals surface area contributed by atoms with Gasteiger partial charge in [-0.25, -0.2) is 13.2 Å². The summed E-state index contributed by atoms with van der Waals surface area (Å²) < 4.78 is 40.0. The lowest BCUT2D eigenvalue weighted by Gasteiger charge is -2.34. The summed E-state index contributed by atoms with van der Waals surface area (Å²) >= 11 is 0.906. The van der Waals surface area contributed by atoms with E-state index in [9.17, 15) is 13.2 Å². The summed E-state index contributed by atoms with van der Waals surface area (Å²) in [6.45, 7) is 3.25. The molecule has 1 aromatic carbocycles. The zero-order valence-electron chi connectivity index (χ0n) is 11.7. The third-order valence-electron chi connectivity index (χ3n) is 4.46. The largest absolute Gasteiger partial charge is 0.399 e. The quantitative estimate of drug-likeness (QED) is 0.825. The topological polar surface area (TPSA) is 64.4 Å². The van der Waals surface area contributed by atoms with Crippen LogP contribution in [0.3, 0.4) is 0 Å². The van der Waals surface area contributed by atoms with Crippen molar-refractivity contribution >= 4 is 22.6 Å². The number of thioether (sulfide) groups is 1. The molecule has 114 valence electrons. The molecule has 7 heteroatoms. The summed E-state index contributed by atoms with van der Waals surface area (Å²) in [5.74, 6) is -0.900. The number of amidine groups is 1. The Morgan fingerprint density at radius 3 is 2.67 bits per heavy atom. The lowest BCUT2D eigenvalue weighted by Crippen LogP contribution is -2.39. The number of hydrogen-bond acceptors (Lipinski definition) is 4. The minimum absolute atomic E-state index is 0.0750. The first-order valence-electron chi connectivity index (χ1n) is 6.59. The first kappa shape index (κ1) is 14.6. The molecule has 3 rings (SSSR count). The number of benzene rings is 1. The average molecular weight is 315 g/mol. The van der Waals surface area contributed by atoms with E-state index >= 15 is 0 Å². The van der Waals surface area contributed by atoms with Crippen LogP contribution in [-0.2, 0) is 5.54 Å². The molecule has 21 heavy (non-hydrogen) atoms. The zero-order chi connectivity index (χ0) is 15.6. The molecule has 0 unspecified atom stereocenters. The molecule has 1 aliphatic heterocycles. The van der Waals surface area contributed by atoms with Crippen molar-refractivity contribution in [1.29, 1.82) is 0 Å². The molecule has 0 amide bonds. The third kappa shape index (κ3) is 1.93. The summed E-state index contributed by atoms with van der Waals surface area (Å²) in [5, 5.41) is 0.0750. The van der Waals surface area contributed by atoms with Crippen molar-refractivity contribution in [3.8, 4) is 0 Å². The van der Waals surface area contributed by atoms with Crippen LogP contribution < -0.4 is 11.5 Å². The molecule has 0 spiro atoms. The molecule has 1 heterocycles. The van der Waals surface area contributed by atoms with Gasteiger partial charge in [0.1, 0.15) is 5.82 Å². The highest BCUT2D eigenvalue weighted by molar-refractivity contribution is 8.15. The summed E-state index contributed by atoms with van der Waals surface area (Å²) in [4.78, 5) is 4.31. The molecule has 0 bridgehead atoms. The Balaban J connectivity index is 2.16. The van der Waals surface area contributed by atoms with Crippen LogP contribution in [0.25, 0.3) is 0 Å². The molecule has 1 aromatic rings. The zero-order valence-corrected chi connectivity index (χ0v) is 12.5. The van der Waals surface area contributed by atoms with Crippen LogP contribution in [0.5, 0.6) is 0 Å². The second-order valence-corrected chi connectivity index (χ2v) is 7.29. The Labute approximate surface area is 125 Å². The molecular weight excluding hydrogens is 299 g/mol. The van der Waals surface area contributed by atoms with Gasteiger partial charge in [-0.15, -0.1) is 0 Å². The van der Waals surface area contributed by atoms with Gasteiger partial charge >= 0.3 is 0 Å². The Hall–Kier alpha value is -1.37. The fourth-order valence-electron chi connectivity index (χ4n) is 3.27. The number of fused-ring (bicyclic) bond motifs is 1. The van der Waals surface area contributed by atoms with E-state index < -0.39 is 28.4 Å². The van der Waals surface area contributed by atoms with Gasteiger partial charge in [0.2, 0.25) is 0 Å². The number of rotatable bonds is 2. The molecule has 3 atom stereocenters. The summed E-state index contributed by atoms with van der Waals surface area (Å²) in [6.07, 6.45) is -2.25. The van der Waals surface area contributed by atoms with Gasteiger partial charge in [-0.1, -0.05) is 11.8 Å². The smallest absolute Gasteiger partial charge is 0.253 e. The molecule has 1 aliphatic carbocycles. The number of nitrogens with two attached hydrogens (primary N) is 2. The van der Waals surface area contributed by atoms with Crippen LogP contribution in [0.4, 0.5) is 18.9 Å². The van der Waals surface area contributed by atoms with Crippen LogP contribution in [-0.4, -0.2) is 16.3 Å². The SMILES string of the molecule is Cc1cc(N)cc([C@@]2(C)N=C(N)S[C@@]3(C(F)F)C[C@@H]23)c1F. The Kier molecular flexibility index (Phi) is 2.99. The van der Waals surface area contributed by atoms with Gasteiger partial charge in [0, 0.05) is 17.2 Å². The lowest BCUT2D eigenvalue weighted by atomic mass is 9.84. The Morgan fingerprint density at radius 1 is 1.38 bits per heavy atom. The normalized spacial score (nSPS) is 34.6. The molecule has 0 radical (unpaired) electrons. The van der Waals surface area contributed by atoms with E-state index in [1.807, 2.05) is 0 Å². The Bertz CT molecular complexity index is 649. The molecule has 0 aromatic heterocycles. The maximum atomic E-state index is 14.5. The van der Waals surface area contributed by atoms with E-state index in [1.165, 1.54) is 12.1 Å². The molecule has 4 N–H and O–H groups in total. The maximum Gasteiger partial charge on any atom is 0.253 e. The number of halogens is 3. The van der Waals surface area contributed by atoms with Crippen molar-refractivity contribution in [3.63, 3.8) is 0 Å². The summed E-state index contributed by atoms with van der Waals surface area (Å²) in [5.41, 5.74) is 11.4. The minimum Gasteiger partial charge on any atom is -0.399 e. The third-order valence-corrected chi connectivity index (χ3v) is 5.77. The molecule has 3 nitrogen and oxygen atoms in total. The first-order valence-corrected chi connectivity index (χ1v) is 7.41. The highest BCUT2D eigenvalue weighted by Crippen LogP contribution is 2.68. The molecule has 2 aliphatic rings. The number of hydrogen-bond donors (Lipinski definition) is 2. The molecule has 1 saturated carbocycles. The van der Waals surface area contributed by atoms with E-state index in [1.54, 1.807) is 13.8 Å². The van der Waals surface area contributed by atoms with Crippen LogP contribution in [0.15, 0.2) is 17.1 Å². The van der Waals surface area contributed by atoms with E-state index in [4.69, 9.17) is 11.5 Å². The number of aryl methyl sites for hydroxylation is 1. The average Bonchev–Trinajstić information content (AvgIpc) is 3.10. The van der Waals surface area contributed by atoms with Gasteiger partial charge in [-0.2, -0.15) is 0 Å². The van der Waals surface area contributed by atoms with Crippen molar-refractivity contribution in [1.82, 2.24) is 0 Å². The van der Waals surface area contributed by atoms with Crippen molar-refractivity contribution in [2.24, 2.45) is 16.6 Å². The second kappa shape index (κ2) is 4.32. The number of nitrogens with zero attached hydrogens (tertiary/aromatic N) is 1. The van der Waals surface area contributed by atoms with Crippen molar-refractivity contribution < 1.29 is 13.2 Å². The summed E-state index contributed by atoms with van der Waals surface area (Å²) in [6, 6.07) is 2.99. The van der Waals surface area contributed by atoms with E-state index in [2.05, 4.69) is 4.99 Å². The molecular formula is C14H16F3N3S. The predicted molar refractivity (Wildman–Crippen MR) is 79.0 cm³/mol. The minimum atomic E-state index is -2.52. The second-order valence-electron chi connectivity index (χ2n) is 5.91. The highest BCUT2D eigenvalue weighted by atomic mass is 32.2. The Morgan fingerprint density at radius 2 is 2.05 bits per heavy atom. The number of anilines is 1. The van der Waals surface area contributed by atoms with Gasteiger partial charge in [-0.3, -0.25) is 4.99 Å². The lowest BCUT2D eigenvalue weighted by molar-refractivity contribution is 0.124. The van der Waals surface area contributed by atoms with Crippen LogP contribution >= 0.6 is 11.8 Å². The van der Waals surface area contributed by atoms with Crippen molar-refractivity contribution in [2.75, 3.05) is 5.73 Å². The monoisotopic (exact) mass is 315 g/mol. The van der Waals surface area contributed by atoms with Crippen LogP contribution in [0.1, 0.15) is 24.5 Å². The van der Waals surface area contributed by atoms with Gasteiger partial charge in [0.25, 0.3) is 6.43 Å². The molecule has 0 saturated heterocycles. The fourth-order valence-corrected chi connectivity index (χ4v) is 4.61. The van der Waals surface area contributed by atoms with Crippen LogP contribution in [0, 0.1) is 18.7 Å². The van der Waals surface area contributed by atoms with Gasteiger partial charge < -0.3 is 11.5 Å². The van der Waals surface area contributed by atoms with Crippen molar-refractivity contribution in [3.05, 3.63) is 29.1 Å². The maximum absolute atomic E-state index is 14.5. The van der Waals surface area contributed by atoms with Crippen molar-refractivity contribution in [2.45, 2.75) is 37.0 Å². The summed E-state index contributed by atoms with van der Waals surface area (Å²) in [7, 11) is 0. The highest BCUT2D eigenvalue weighted by Gasteiger charge is 2.71. The number of aliphatic imine (C=N–C) groups is 1. The van der Waals surface area contributed by atoms with Crippen LogP contribution in [0.2, 0.25) is 0 Å². The van der Waals surface area contributed by atoms with Gasteiger partial charge in [0.15, 0.2) is 5.17 Å². The van der Waals surface area contributed by atoms with E-state index in [-0.39, 0.29) is 17.2 Å². The van der Waals surface area contributed by atoms with Gasteiger partial charge in [0.05, 0.1) is 10.3 Å².